The van der Waals surface area contributed by atoms with E-state index in [2.05, 4.69) is 19.2 Å². The minimum atomic E-state index is -0.220. The summed E-state index contributed by atoms with van der Waals surface area (Å²) in [5.74, 6) is 1.27. The second kappa shape index (κ2) is 5.91. The number of amides is 2. The van der Waals surface area contributed by atoms with E-state index >= 15 is 0 Å². The molecule has 2 fully saturated rings. The summed E-state index contributed by atoms with van der Waals surface area (Å²) in [5.41, 5.74) is 0. The highest BCUT2D eigenvalue weighted by atomic mass is 16.3. The second-order valence-corrected chi connectivity index (χ2v) is 6.04. The Morgan fingerprint density at radius 2 is 1.83 bits per heavy atom. The average molecular weight is 254 g/mol. The third-order valence-corrected chi connectivity index (χ3v) is 4.77. The van der Waals surface area contributed by atoms with Crippen LogP contribution in [-0.4, -0.2) is 41.3 Å². The Morgan fingerprint density at radius 3 is 2.50 bits per heavy atom. The number of piperidine rings is 1. The van der Waals surface area contributed by atoms with Gasteiger partial charge in [0.05, 0.1) is 6.10 Å². The molecule has 1 saturated carbocycles. The Morgan fingerprint density at radius 1 is 1.17 bits per heavy atom. The van der Waals surface area contributed by atoms with Gasteiger partial charge < -0.3 is 15.3 Å². The van der Waals surface area contributed by atoms with Gasteiger partial charge in [0.25, 0.3) is 0 Å². The fraction of sp³-hybridized carbons (Fsp3) is 0.929. The molecule has 104 valence electrons. The van der Waals surface area contributed by atoms with E-state index in [0.717, 1.165) is 6.42 Å². The van der Waals surface area contributed by atoms with Crippen LogP contribution in [0.15, 0.2) is 0 Å². The van der Waals surface area contributed by atoms with E-state index in [1.807, 2.05) is 4.90 Å². The number of nitrogens with zero attached hydrogens (tertiary/aromatic N) is 1. The van der Waals surface area contributed by atoms with E-state index in [1.165, 1.54) is 12.8 Å². The zero-order valence-electron chi connectivity index (χ0n) is 11.6. The second-order valence-electron chi connectivity index (χ2n) is 6.04. The van der Waals surface area contributed by atoms with Gasteiger partial charge in [0.2, 0.25) is 0 Å². The molecular weight excluding hydrogens is 228 g/mol. The summed E-state index contributed by atoms with van der Waals surface area (Å²) < 4.78 is 0. The SMILES string of the molecule is C[C@H]1[C@H](C)CCC[C@@H]1NC(=O)N1CCC(O)CC1. The molecule has 2 aliphatic rings. The van der Waals surface area contributed by atoms with Gasteiger partial charge in [-0.25, -0.2) is 4.79 Å². The van der Waals surface area contributed by atoms with Crippen molar-refractivity contribution in [3.8, 4) is 0 Å². The first-order chi connectivity index (χ1) is 8.58. The predicted octanol–water partition coefficient (Wildman–Crippen LogP) is 1.98. The molecule has 0 bridgehead atoms. The van der Waals surface area contributed by atoms with E-state index < -0.39 is 0 Å². The topological polar surface area (TPSA) is 52.6 Å². The van der Waals surface area contributed by atoms with E-state index in [4.69, 9.17) is 0 Å². The van der Waals surface area contributed by atoms with Crippen LogP contribution in [0.5, 0.6) is 0 Å². The Kier molecular flexibility index (Phi) is 4.49. The summed E-state index contributed by atoms with van der Waals surface area (Å²) >= 11 is 0. The fourth-order valence-corrected chi connectivity index (χ4v) is 3.10. The van der Waals surface area contributed by atoms with Crippen LogP contribution in [0.2, 0.25) is 0 Å². The van der Waals surface area contributed by atoms with Crippen LogP contribution < -0.4 is 5.32 Å². The summed E-state index contributed by atoms with van der Waals surface area (Å²) in [6.45, 7) is 5.89. The highest BCUT2D eigenvalue weighted by Gasteiger charge is 2.30. The Balaban J connectivity index is 1.83. The molecule has 18 heavy (non-hydrogen) atoms. The van der Waals surface area contributed by atoms with Gasteiger partial charge in [-0.05, 0) is 31.1 Å². The molecule has 0 aromatic heterocycles. The number of nitrogens with one attached hydrogen (secondary N) is 1. The number of carbonyl (C=O) groups is 1. The van der Waals surface area contributed by atoms with Gasteiger partial charge >= 0.3 is 6.03 Å². The summed E-state index contributed by atoms with van der Waals surface area (Å²) in [7, 11) is 0. The standard InChI is InChI=1S/C14H26N2O2/c1-10-4-3-5-13(11(10)2)15-14(18)16-8-6-12(17)7-9-16/h10-13,17H,3-9H2,1-2H3,(H,15,18)/t10-,11+,13+/m1/s1. The molecule has 0 radical (unpaired) electrons. The lowest BCUT2D eigenvalue weighted by Crippen LogP contribution is -2.51. The van der Waals surface area contributed by atoms with Gasteiger partial charge in [0.15, 0.2) is 0 Å². The molecule has 1 saturated heterocycles. The zero-order valence-corrected chi connectivity index (χ0v) is 11.6. The number of hydrogen-bond acceptors (Lipinski definition) is 2. The number of urea groups is 1. The van der Waals surface area contributed by atoms with E-state index in [0.29, 0.717) is 43.8 Å². The molecule has 4 heteroatoms. The Hall–Kier alpha value is -0.770. The molecule has 3 atom stereocenters. The van der Waals surface area contributed by atoms with Gasteiger partial charge in [0.1, 0.15) is 0 Å². The van der Waals surface area contributed by atoms with Crippen LogP contribution in [-0.2, 0) is 0 Å². The van der Waals surface area contributed by atoms with E-state index in [1.54, 1.807) is 0 Å². The highest BCUT2D eigenvalue weighted by Crippen LogP contribution is 2.29. The number of aliphatic hydroxyl groups excluding tert-OH is 1. The minimum absolute atomic E-state index is 0.0628. The summed E-state index contributed by atoms with van der Waals surface area (Å²) in [6, 6.07) is 0.390. The van der Waals surface area contributed by atoms with Crippen LogP contribution in [0.25, 0.3) is 0 Å². The molecule has 0 aromatic carbocycles. The van der Waals surface area contributed by atoms with Gasteiger partial charge in [-0.15, -0.1) is 0 Å². The van der Waals surface area contributed by atoms with Crippen molar-refractivity contribution in [1.82, 2.24) is 10.2 Å². The zero-order chi connectivity index (χ0) is 13.1. The predicted molar refractivity (Wildman–Crippen MR) is 71.3 cm³/mol. The van der Waals surface area contributed by atoms with Crippen molar-refractivity contribution in [2.45, 2.75) is 58.1 Å². The number of hydrogen-bond donors (Lipinski definition) is 2. The summed E-state index contributed by atoms with van der Waals surface area (Å²) in [5, 5.41) is 12.6. The smallest absolute Gasteiger partial charge is 0.317 e. The molecule has 0 unspecified atom stereocenters. The third-order valence-electron chi connectivity index (χ3n) is 4.77. The van der Waals surface area contributed by atoms with Crippen LogP contribution in [0.4, 0.5) is 4.79 Å². The lowest BCUT2D eigenvalue weighted by Gasteiger charge is -2.37. The lowest BCUT2D eigenvalue weighted by atomic mass is 9.78. The van der Waals surface area contributed by atoms with Gasteiger partial charge in [-0.3, -0.25) is 0 Å². The van der Waals surface area contributed by atoms with Crippen molar-refractivity contribution in [3.05, 3.63) is 0 Å². The van der Waals surface area contributed by atoms with E-state index in [-0.39, 0.29) is 12.1 Å². The largest absolute Gasteiger partial charge is 0.393 e. The van der Waals surface area contributed by atoms with Crippen molar-refractivity contribution < 1.29 is 9.90 Å². The molecule has 2 N–H and O–H groups in total. The van der Waals surface area contributed by atoms with E-state index in [9.17, 15) is 9.90 Å². The van der Waals surface area contributed by atoms with Crippen molar-refractivity contribution >= 4 is 6.03 Å². The third kappa shape index (κ3) is 3.16. The van der Waals surface area contributed by atoms with Gasteiger partial charge in [-0.2, -0.15) is 0 Å². The first-order valence-corrected chi connectivity index (χ1v) is 7.31. The summed E-state index contributed by atoms with van der Waals surface area (Å²) in [4.78, 5) is 14.0. The molecular formula is C14H26N2O2. The molecule has 1 aliphatic heterocycles. The number of aliphatic hydroxyl groups is 1. The number of likely N-dealkylation sites (tertiary alicyclic amines) is 1. The lowest BCUT2D eigenvalue weighted by molar-refractivity contribution is 0.0902. The maximum absolute atomic E-state index is 12.2. The maximum atomic E-state index is 12.2. The van der Waals surface area contributed by atoms with Crippen LogP contribution in [0, 0.1) is 11.8 Å². The maximum Gasteiger partial charge on any atom is 0.317 e. The molecule has 0 spiro atoms. The van der Waals surface area contributed by atoms with Gasteiger partial charge in [0, 0.05) is 19.1 Å². The minimum Gasteiger partial charge on any atom is -0.393 e. The molecule has 1 aliphatic carbocycles. The average Bonchev–Trinajstić information content (AvgIpc) is 2.36. The molecule has 2 amide bonds. The van der Waals surface area contributed by atoms with Crippen molar-refractivity contribution in [2.75, 3.05) is 13.1 Å². The van der Waals surface area contributed by atoms with Gasteiger partial charge in [-0.1, -0.05) is 26.7 Å². The van der Waals surface area contributed by atoms with Crippen LogP contribution in [0.1, 0.15) is 46.0 Å². The number of carbonyl (C=O) groups excluding carboxylic acids is 1. The Bertz CT molecular complexity index is 288. The first kappa shape index (κ1) is 13.7. The molecule has 1 heterocycles. The van der Waals surface area contributed by atoms with Crippen molar-refractivity contribution in [3.63, 3.8) is 0 Å². The first-order valence-electron chi connectivity index (χ1n) is 7.31. The normalized spacial score (nSPS) is 34.4. The van der Waals surface area contributed by atoms with Crippen molar-refractivity contribution in [1.29, 1.82) is 0 Å². The quantitative estimate of drug-likeness (QED) is 0.752. The van der Waals surface area contributed by atoms with Crippen molar-refractivity contribution in [2.24, 2.45) is 11.8 Å². The monoisotopic (exact) mass is 254 g/mol. The molecule has 2 rings (SSSR count). The molecule has 4 nitrogen and oxygen atoms in total. The molecule has 0 aromatic rings. The fourth-order valence-electron chi connectivity index (χ4n) is 3.10. The summed E-state index contributed by atoms with van der Waals surface area (Å²) in [6.07, 6.45) is 4.81. The van der Waals surface area contributed by atoms with Crippen LogP contribution in [0.3, 0.4) is 0 Å². The van der Waals surface area contributed by atoms with Crippen LogP contribution >= 0.6 is 0 Å². The Labute approximate surface area is 110 Å². The number of rotatable bonds is 1. The highest BCUT2D eigenvalue weighted by molar-refractivity contribution is 5.74.